The van der Waals surface area contributed by atoms with Crippen LogP contribution in [0.15, 0.2) is 23.2 Å². The fraction of sp³-hybridized carbons (Fsp3) is 0.357. The van der Waals surface area contributed by atoms with Gasteiger partial charge in [-0.05, 0) is 0 Å². The van der Waals surface area contributed by atoms with Crippen LogP contribution in [-0.4, -0.2) is 20.4 Å². The van der Waals surface area contributed by atoms with Crippen molar-refractivity contribution in [1.29, 1.82) is 0 Å². The van der Waals surface area contributed by atoms with E-state index in [1.165, 1.54) is 18.2 Å². The monoisotopic (exact) mass is 364 g/mol. The minimum absolute atomic E-state index is 0.254. The molecule has 0 aliphatic carbocycles. The molecule has 0 bridgehead atoms. The molecule has 0 aliphatic heterocycles. The summed E-state index contributed by atoms with van der Waals surface area (Å²) in [6.45, 7) is 7.49. The number of allylic oxidation sites excluding steroid dienone is 1. The molecule has 3 heteroatoms. The summed E-state index contributed by atoms with van der Waals surface area (Å²) < 4.78 is 5.41. The SMILES string of the molecule is CCC(Cl)=Cc1[te]c2ccc(C)cc2[n+]1CC. The molecule has 0 radical (unpaired) electrons. The van der Waals surface area contributed by atoms with Crippen LogP contribution >= 0.6 is 11.6 Å². The first kappa shape index (κ1) is 13.1. The number of hydrogen-bond donors (Lipinski definition) is 0. The minimum atomic E-state index is -0.254. The van der Waals surface area contributed by atoms with Crippen LogP contribution in [-0.2, 0) is 6.54 Å². The molecule has 2 rings (SSSR count). The average Bonchev–Trinajstić information content (AvgIpc) is 2.65. The van der Waals surface area contributed by atoms with Crippen molar-refractivity contribution in [1.82, 2.24) is 0 Å². The van der Waals surface area contributed by atoms with Crippen LogP contribution in [0.25, 0.3) is 15.0 Å². The fourth-order valence-corrected chi connectivity index (χ4v) is 5.54. The van der Waals surface area contributed by atoms with Crippen molar-refractivity contribution in [2.45, 2.75) is 33.7 Å². The van der Waals surface area contributed by atoms with E-state index in [4.69, 9.17) is 11.6 Å². The van der Waals surface area contributed by atoms with Crippen molar-refractivity contribution in [2.75, 3.05) is 0 Å². The first-order valence-electron chi connectivity index (χ1n) is 5.94. The molecule has 0 fully saturated rings. The van der Waals surface area contributed by atoms with Gasteiger partial charge < -0.3 is 0 Å². The molecule has 0 saturated heterocycles. The van der Waals surface area contributed by atoms with Gasteiger partial charge in [-0.1, -0.05) is 0 Å². The van der Waals surface area contributed by atoms with Gasteiger partial charge in [-0.2, -0.15) is 0 Å². The summed E-state index contributed by atoms with van der Waals surface area (Å²) in [6, 6.07) is 6.80. The van der Waals surface area contributed by atoms with Gasteiger partial charge in [0.25, 0.3) is 0 Å². The number of rotatable bonds is 3. The Morgan fingerprint density at radius 3 is 2.82 bits per heavy atom. The van der Waals surface area contributed by atoms with Gasteiger partial charge in [0.15, 0.2) is 0 Å². The molecule has 0 unspecified atom stereocenters. The van der Waals surface area contributed by atoms with E-state index in [0.717, 1.165) is 18.0 Å². The van der Waals surface area contributed by atoms with Crippen LogP contribution in [0.1, 0.15) is 29.5 Å². The summed E-state index contributed by atoms with van der Waals surface area (Å²) in [5.41, 5.74) is 2.74. The number of aryl methyl sites for hydroxylation is 2. The second-order valence-corrected chi connectivity index (χ2v) is 7.62. The second-order valence-electron chi connectivity index (χ2n) is 4.10. The van der Waals surface area contributed by atoms with Crippen LogP contribution in [0, 0.1) is 6.92 Å². The van der Waals surface area contributed by atoms with Gasteiger partial charge in [-0.3, -0.25) is 0 Å². The topological polar surface area (TPSA) is 3.88 Å². The van der Waals surface area contributed by atoms with E-state index in [1.54, 1.807) is 0 Å². The normalized spacial score (nSPS) is 12.4. The van der Waals surface area contributed by atoms with Crippen molar-refractivity contribution >= 4 is 47.0 Å². The molecule has 17 heavy (non-hydrogen) atoms. The van der Waals surface area contributed by atoms with Crippen molar-refractivity contribution in [3.63, 3.8) is 0 Å². The molecule has 1 heterocycles. The molecule has 2 aromatic rings. The summed E-state index contributed by atoms with van der Waals surface area (Å²) in [7, 11) is 0. The Labute approximate surface area is 117 Å². The number of benzene rings is 1. The first-order chi connectivity index (χ1) is 8.15. The molecule has 0 spiro atoms. The average molecular weight is 362 g/mol. The van der Waals surface area contributed by atoms with Gasteiger partial charge in [0.2, 0.25) is 0 Å². The zero-order valence-corrected chi connectivity index (χ0v) is 13.5. The van der Waals surface area contributed by atoms with Gasteiger partial charge in [0.1, 0.15) is 0 Å². The Morgan fingerprint density at radius 2 is 2.18 bits per heavy atom. The van der Waals surface area contributed by atoms with Crippen molar-refractivity contribution < 1.29 is 4.57 Å². The summed E-state index contributed by atoms with van der Waals surface area (Å²) in [6.07, 6.45) is 3.10. The molecule has 1 nitrogen and oxygen atoms in total. The van der Waals surface area contributed by atoms with Crippen LogP contribution in [0.3, 0.4) is 0 Å². The van der Waals surface area contributed by atoms with E-state index in [9.17, 15) is 0 Å². The third kappa shape index (κ3) is 2.76. The van der Waals surface area contributed by atoms with Crippen molar-refractivity contribution in [3.8, 4) is 0 Å². The molecule has 0 N–H and O–H groups in total. The maximum absolute atomic E-state index is 6.18. The zero-order valence-electron chi connectivity index (χ0n) is 10.5. The van der Waals surface area contributed by atoms with Gasteiger partial charge in [0, 0.05) is 0 Å². The van der Waals surface area contributed by atoms with E-state index in [0.29, 0.717) is 0 Å². The number of halogens is 1. The number of hydrogen-bond acceptors (Lipinski definition) is 0. The first-order valence-corrected chi connectivity index (χ1v) is 8.65. The standard InChI is InChI=1S/C14H17ClNTe/c1-4-11(15)9-14-16(5-2)12-8-10(3)6-7-13(12)17-14/h6-9H,4-5H2,1-3H3/q+1. The molecule has 0 saturated carbocycles. The molecule has 90 valence electrons. The number of aromatic nitrogens is 1. The molecular formula is C14H17ClNTe+. The Balaban J connectivity index is 2.64. The predicted molar refractivity (Wildman–Crippen MR) is 75.6 cm³/mol. The summed E-state index contributed by atoms with van der Waals surface area (Å²) in [5, 5.41) is 0.966. The Hall–Kier alpha value is -0.290. The molecule has 1 aromatic heterocycles. The van der Waals surface area contributed by atoms with Gasteiger partial charge in [0.05, 0.1) is 0 Å². The van der Waals surface area contributed by atoms with Crippen LogP contribution < -0.4 is 4.57 Å². The number of fused-ring (bicyclic) bond motifs is 1. The second kappa shape index (κ2) is 5.57. The molecule has 1 aromatic carbocycles. The summed E-state index contributed by atoms with van der Waals surface area (Å²) in [4.78, 5) is 0. The fourth-order valence-electron chi connectivity index (χ4n) is 1.88. The van der Waals surface area contributed by atoms with Gasteiger partial charge >= 0.3 is 118 Å². The van der Waals surface area contributed by atoms with E-state index < -0.39 is 0 Å². The molecule has 0 amide bonds. The quantitative estimate of drug-likeness (QED) is 0.581. The van der Waals surface area contributed by atoms with Crippen LogP contribution in [0.2, 0.25) is 0 Å². The third-order valence-corrected chi connectivity index (χ3v) is 6.37. The zero-order chi connectivity index (χ0) is 12.4. The molecular weight excluding hydrogens is 345 g/mol. The van der Waals surface area contributed by atoms with E-state index in [2.05, 4.69) is 49.6 Å². The van der Waals surface area contributed by atoms with E-state index in [-0.39, 0.29) is 20.4 Å². The van der Waals surface area contributed by atoms with Crippen LogP contribution in [0.4, 0.5) is 0 Å². The Bertz CT molecular complexity index is 569. The van der Waals surface area contributed by atoms with E-state index >= 15 is 0 Å². The molecule has 0 aliphatic rings. The van der Waals surface area contributed by atoms with Gasteiger partial charge in [-0.15, -0.1) is 0 Å². The third-order valence-electron chi connectivity index (χ3n) is 2.82. The Morgan fingerprint density at radius 1 is 1.41 bits per heavy atom. The summed E-state index contributed by atoms with van der Waals surface area (Å²) >= 11 is 5.92. The van der Waals surface area contributed by atoms with Crippen molar-refractivity contribution in [3.05, 3.63) is 32.5 Å². The number of nitrogens with zero attached hydrogens (tertiary/aromatic N) is 1. The van der Waals surface area contributed by atoms with Gasteiger partial charge in [-0.25, -0.2) is 0 Å². The maximum atomic E-state index is 6.18. The molecule has 0 atom stereocenters. The van der Waals surface area contributed by atoms with Crippen LogP contribution in [0.5, 0.6) is 0 Å². The van der Waals surface area contributed by atoms with Crippen molar-refractivity contribution in [2.24, 2.45) is 0 Å². The van der Waals surface area contributed by atoms with E-state index in [1.807, 2.05) is 0 Å². The Kier molecular flexibility index (Phi) is 4.31. The summed E-state index contributed by atoms with van der Waals surface area (Å²) in [5.74, 6) is 0. The predicted octanol–water partition coefficient (Wildman–Crippen LogP) is 3.50.